The average molecular weight is 268 g/mol. The Hall–Kier alpha value is -1.38. The molecule has 0 radical (unpaired) electrons. The zero-order valence-corrected chi connectivity index (χ0v) is 12.1. The summed E-state index contributed by atoms with van der Waals surface area (Å²) in [5, 5.41) is 9.73. The predicted octanol–water partition coefficient (Wildman–Crippen LogP) is 2.97. The van der Waals surface area contributed by atoms with Crippen molar-refractivity contribution in [2.45, 2.75) is 19.3 Å². The van der Waals surface area contributed by atoms with E-state index in [2.05, 4.69) is 53.1 Å². The van der Waals surface area contributed by atoms with E-state index >= 15 is 0 Å². The topological polar surface area (TPSA) is 24.1 Å². The highest BCUT2D eigenvalue weighted by atomic mass is 14.9. The largest absolute Gasteiger partial charge is 0.317 e. The Kier molecular flexibility index (Phi) is 4.67. The molecule has 2 aromatic rings. The second-order valence-corrected chi connectivity index (χ2v) is 5.83. The Morgan fingerprint density at radius 1 is 1.00 bits per heavy atom. The molecule has 0 atom stereocenters. The first kappa shape index (κ1) is 13.6. The van der Waals surface area contributed by atoms with Crippen LogP contribution in [0.2, 0.25) is 0 Å². The minimum Gasteiger partial charge on any atom is -0.317 e. The molecule has 1 heterocycles. The second-order valence-electron chi connectivity index (χ2n) is 5.83. The summed E-state index contributed by atoms with van der Waals surface area (Å²) in [5.74, 6) is 0.868. The van der Waals surface area contributed by atoms with E-state index in [0.29, 0.717) is 0 Å². The van der Waals surface area contributed by atoms with Crippen molar-refractivity contribution in [1.82, 2.24) is 10.6 Å². The maximum atomic E-state index is 3.62. The van der Waals surface area contributed by atoms with Crippen LogP contribution in [0.3, 0.4) is 0 Å². The van der Waals surface area contributed by atoms with Gasteiger partial charge in [-0.2, -0.15) is 0 Å². The Bertz CT molecular complexity index is 544. The van der Waals surface area contributed by atoms with E-state index in [1.165, 1.54) is 48.8 Å². The fourth-order valence-corrected chi connectivity index (χ4v) is 3.02. The van der Waals surface area contributed by atoms with E-state index < -0.39 is 0 Å². The number of benzene rings is 2. The molecule has 3 rings (SSSR count). The van der Waals surface area contributed by atoms with Crippen LogP contribution in [0.1, 0.15) is 18.4 Å². The zero-order valence-electron chi connectivity index (χ0n) is 12.1. The Morgan fingerprint density at radius 2 is 1.80 bits per heavy atom. The predicted molar refractivity (Wildman–Crippen MR) is 86.1 cm³/mol. The van der Waals surface area contributed by atoms with E-state index in [-0.39, 0.29) is 0 Å². The van der Waals surface area contributed by atoms with Crippen molar-refractivity contribution in [2.75, 3.05) is 26.2 Å². The molecule has 106 valence electrons. The second kappa shape index (κ2) is 6.87. The van der Waals surface area contributed by atoms with Crippen LogP contribution in [0.4, 0.5) is 0 Å². The molecule has 1 fully saturated rings. The van der Waals surface area contributed by atoms with Crippen molar-refractivity contribution >= 4 is 10.8 Å². The van der Waals surface area contributed by atoms with Crippen LogP contribution in [0, 0.1) is 5.92 Å². The zero-order chi connectivity index (χ0) is 13.6. The summed E-state index contributed by atoms with van der Waals surface area (Å²) >= 11 is 0. The fraction of sp³-hybridized carbons (Fsp3) is 0.444. The molecule has 2 nitrogen and oxygen atoms in total. The summed E-state index contributed by atoms with van der Waals surface area (Å²) in [6.45, 7) is 4.64. The third kappa shape index (κ3) is 3.59. The quantitative estimate of drug-likeness (QED) is 0.815. The van der Waals surface area contributed by atoms with Crippen molar-refractivity contribution in [3.05, 3.63) is 48.0 Å². The van der Waals surface area contributed by atoms with Gasteiger partial charge in [-0.1, -0.05) is 42.5 Å². The summed E-state index contributed by atoms with van der Waals surface area (Å²) in [5.41, 5.74) is 1.43. The van der Waals surface area contributed by atoms with Crippen LogP contribution >= 0.6 is 0 Å². The molecule has 2 N–H and O–H groups in total. The molecule has 1 saturated heterocycles. The van der Waals surface area contributed by atoms with Crippen LogP contribution in [0.5, 0.6) is 0 Å². The van der Waals surface area contributed by atoms with Gasteiger partial charge in [-0.3, -0.25) is 0 Å². The van der Waals surface area contributed by atoms with Gasteiger partial charge >= 0.3 is 0 Å². The fourth-order valence-electron chi connectivity index (χ4n) is 3.02. The highest BCUT2D eigenvalue weighted by Gasteiger charge is 2.11. The Balaban J connectivity index is 1.47. The molecule has 20 heavy (non-hydrogen) atoms. The SMILES string of the molecule is c1ccc2cc(CCNCC3CCNCC3)ccc2c1. The summed E-state index contributed by atoms with van der Waals surface area (Å²) in [6.07, 6.45) is 3.77. The van der Waals surface area contributed by atoms with Gasteiger partial charge in [-0.25, -0.2) is 0 Å². The maximum absolute atomic E-state index is 3.62. The van der Waals surface area contributed by atoms with Crippen LogP contribution < -0.4 is 10.6 Å². The van der Waals surface area contributed by atoms with Crippen molar-refractivity contribution in [3.63, 3.8) is 0 Å². The molecular formula is C18H24N2. The minimum atomic E-state index is 0.868. The standard InChI is InChI=1S/C18H24N2/c1-2-4-18-13-15(5-6-17(18)3-1)7-12-20-14-16-8-10-19-11-9-16/h1-6,13,16,19-20H,7-12,14H2. The van der Waals surface area contributed by atoms with Gasteiger partial charge in [-0.05, 0) is 67.7 Å². The summed E-state index contributed by atoms with van der Waals surface area (Å²) in [4.78, 5) is 0. The van der Waals surface area contributed by atoms with Crippen molar-refractivity contribution in [2.24, 2.45) is 5.92 Å². The average Bonchev–Trinajstić information content (AvgIpc) is 2.52. The van der Waals surface area contributed by atoms with Gasteiger partial charge in [0.25, 0.3) is 0 Å². The molecule has 0 unspecified atom stereocenters. The lowest BCUT2D eigenvalue weighted by atomic mass is 9.98. The highest BCUT2D eigenvalue weighted by Crippen LogP contribution is 2.16. The van der Waals surface area contributed by atoms with Gasteiger partial charge in [0.15, 0.2) is 0 Å². The maximum Gasteiger partial charge on any atom is -0.000823 e. The first-order valence-electron chi connectivity index (χ1n) is 7.81. The van der Waals surface area contributed by atoms with Crippen molar-refractivity contribution in [3.8, 4) is 0 Å². The van der Waals surface area contributed by atoms with Crippen LogP contribution in [-0.4, -0.2) is 26.2 Å². The van der Waals surface area contributed by atoms with Crippen molar-refractivity contribution < 1.29 is 0 Å². The molecule has 1 aliphatic rings. The first-order valence-corrected chi connectivity index (χ1v) is 7.81. The van der Waals surface area contributed by atoms with E-state index in [9.17, 15) is 0 Å². The molecule has 0 spiro atoms. The summed E-state index contributed by atoms with van der Waals surface area (Å²) in [7, 11) is 0. The van der Waals surface area contributed by atoms with Gasteiger partial charge < -0.3 is 10.6 Å². The van der Waals surface area contributed by atoms with Crippen LogP contribution in [0.25, 0.3) is 10.8 Å². The third-order valence-electron chi connectivity index (χ3n) is 4.30. The molecule has 0 aliphatic carbocycles. The normalized spacial score (nSPS) is 16.6. The molecule has 1 aliphatic heterocycles. The number of fused-ring (bicyclic) bond motifs is 1. The minimum absolute atomic E-state index is 0.868. The molecule has 0 amide bonds. The van der Waals surface area contributed by atoms with Gasteiger partial charge in [0, 0.05) is 0 Å². The third-order valence-corrected chi connectivity index (χ3v) is 4.30. The molecule has 0 bridgehead atoms. The first-order chi connectivity index (χ1) is 9.92. The van der Waals surface area contributed by atoms with Gasteiger partial charge in [0.2, 0.25) is 0 Å². The lowest BCUT2D eigenvalue weighted by Crippen LogP contribution is -2.34. The lowest BCUT2D eigenvalue weighted by molar-refractivity contribution is 0.358. The number of hydrogen-bond acceptors (Lipinski definition) is 2. The van der Waals surface area contributed by atoms with Crippen molar-refractivity contribution in [1.29, 1.82) is 0 Å². The molecule has 0 saturated carbocycles. The van der Waals surface area contributed by atoms with E-state index in [1.54, 1.807) is 0 Å². The highest BCUT2D eigenvalue weighted by molar-refractivity contribution is 5.82. The van der Waals surface area contributed by atoms with E-state index in [0.717, 1.165) is 18.9 Å². The molecule has 0 aromatic heterocycles. The Labute approximate surface area is 121 Å². The number of rotatable bonds is 5. The molecular weight excluding hydrogens is 244 g/mol. The van der Waals surface area contributed by atoms with Crippen LogP contribution in [-0.2, 0) is 6.42 Å². The lowest BCUT2D eigenvalue weighted by Gasteiger charge is -2.22. The molecule has 2 aromatic carbocycles. The smallest absolute Gasteiger partial charge is 0.000823 e. The number of piperidine rings is 1. The van der Waals surface area contributed by atoms with E-state index in [4.69, 9.17) is 0 Å². The summed E-state index contributed by atoms with van der Waals surface area (Å²) in [6, 6.07) is 15.4. The van der Waals surface area contributed by atoms with Gasteiger partial charge in [0.1, 0.15) is 0 Å². The number of nitrogens with one attached hydrogen (secondary N) is 2. The molecule has 2 heteroatoms. The van der Waals surface area contributed by atoms with Crippen LogP contribution in [0.15, 0.2) is 42.5 Å². The Morgan fingerprint density at radius 3 is 2.65 bits per heavy atom. The number of hydrogen-bond donors (Lipinski definition) is 2. The van der Waals surface area contributed by atoms with Gasteiger partial charge in [0.05, 0.1) is 0 Å². The van der Waals surface area contributed by atoms with Gasteiger partial charge in [-0.15, -0.1) is 0 Å². The monoisotopic (exact) mass is 268 g/mol. The van der Waals surface area contributed by atoms with E-state index in [1.807, 2.05) is 0 Å². The summed E-state index contributed by atoms with van der Waals surface area (Å²) < 4.78 is 0.